The van der Waals surface area contributed by atoms with Gasteiger partial charge in [-0.3, -0.25) is 14.9 Å². The van der Waals surface area contributed by atoms with Gasteiger partial charge in [0.1, 0.15) is 0 Å². The van der Waals surface area contributed by atoms with Crippen LogP contribution in [0.4, 0.5) is 5.69 Å². The second kappa shape index (κ2) is 5.92. The second-order valence-corrected chi connectivity index (χ2v) is 6.36. The fraction of sp³-hybridized carbons (Fsp3) is 0.417. The Labute approximate surface area is 123 Å². The molecular formula is C12H13BrN2O3S. The molecule has 1 atom stereocenters. The molecular weight excluding hydrogens is 332 g/mol. The Morgan fingerprint density at radius 3 is 2.89 bits per heavy atom. The van der Waals surface area contributed by atoms with E-state index in [2.05, 4.69) is 15.9 Å². The van der Waals surface area contributed by atoms with Crippen molar-refractivity contribution < 1.29 is 9.72 Å². The van der Waals surface area contributed by atoms with Crippen molar-refractivity contribution in [1.29, 1.82) is 0 Å². The number of carbonyl (C=O) groups is 1. The van der Waals surface area contributed by atoms with Crippen LogP contribution in [-0.4, -0.2) is 40.3 Å². The number of hydrogen-bond acceptors (Lipinski definition) is 4. The quantitative estimate of drug-likeness (QED) is 0.624. The molecule has 0 bridgehead atoms. The highest BCUT2D eigenvalue weighted by atomic mass is 79.9. The van der Waals surface area contributed by atoms with Gasteiger partial charge in [0.15, 0.2) is 0 Å². The van der Waals surface area contributed by atoms with Gasteiger partial charge in [-0.15, -0.1) is 0 Å². The van der Waals surface area contributed by atoms with E-state index in [1.807, 2.05) is 11.8 Å². The van der Waals surface area contributed by atoms with Crippen molar-refractivity contribution >= 4 is 39.3 Å². The summed E-state index contributed by atoms with van der Waals surface area (Å²) in [5.41, 5.74) is 0.273. The summed E-state index contributed by atoms with van der Waals surface area (Å²) < 4.78 is 0.383. The van der Waals surface area contributed by atoms with Crippen LogP contribution in [0.1, 0.15) is 16.8 Å². The standard InChI is InChI=1S/C12H13BrN2O3S/c1-14(9-4-5-19-7-9)12(16)8-2-3-10(13)11(6-8)15(17)18/h2-3,6,9H,4-5,7H2,1H3. The number of carbonyl (C=O) groups excluding carboxylic acids is 1. The summed E-state index contributed by atoms with van der Waals surface area (Å²) in [5.74, 6) is 1.83. The average Bonchev–Trinajstić information content (AvgIpc) is 2.91. The lowest BCUT2D eigenvalue weighted by atomic mass is 10.1. The fourth-order valence-electron chi connectivity index (χ4n) is 1.98. The van der Waals surface area contributed by atoms with Crippen LogP contribution in [0.15, 0.2) is 22.7 Å². The molecule has 0 N–H and O–H groups in total. The third-order valence-electron chi connectivity index (χ3n) is 3.16. The Morgan fingerprint density at radius 1 is 1.58 bits per heavy atom. The number of hydrogen-bond donors (Lipinski definition) is 0. The van der Waals surface area contributed by atoms with Gasteiger partial charge < -0.3 is 4.90 Å². The van der Waals surface area contributed by atoms with Gasteiger partial charge in [-0.05, 0) is 40.2 Å². The Hall–Kier alpha value is -1.08. The van der Waals surface area contributed by atoms with Gasteiger partial charge in [-0.25, -0.2) is 0 Å². The van der Waals surface area contributed by atoms with Crippen molar-refractivity contribution in [3.05, 3.63) is 38.3 Å². The summed E-state index contributed by atoms with van der Waals surface area (Å²) in [7, 11) is 1.76. The van der Waals surface area contributed by atoms with Crippen molar-refractivity contribution in [2.45, 2.75) is 12.5 Å². The Morgan fingerprint density at radius 2 is 2.32 bits per heavy atom. The summed E-state index contributed by atoms with van der Waals surface area (Å²) in [5, 5.41) is 10.9. The normalized spacial score (nSPS) is 18.3. The largest absolute Gasteiger partial charge is 0.338 e. The average molecular weight is 345 g/mol. The lowest BCUT2D eigenvalue weighted by Gasteiger charge is -2.23. The minimum absolute atomic E-state index is 0.0833. The topological polar surface area (TPSA) is 63.5 Å². The summed E-state index contributed by atoms with van der Waals surface area (Å²) in [6.07, 6.45) is 0.978. The van der Waals surface area contributed by atoms with E-state index in [0.717, 1.165) is 17.9 Å². The van der Waals surface area contributed by atoms with E-state index in [1.165, 1.54) is 6.07 Å². The first-order valence-corrected chi connectivity index (χ1v) is 7.74. The highest BCUT2D eigenvalue weighted by Crippen LogP contribution is 2.27. The molecule has 102 valence electrons. The molecule has 1 saturated heterocycles. The molecule has 1 heterocycles. The third-order valence-corrected chi connectivity index (χ3v) is 4.98. The highest BCUT2D eigenvalue weighted by Gasteiger charge is 2.26. The van der Waals surface area contributed by atoms with Gasteiger partial charge in [-0.2, -0.15) is 11.8 Å². The van der Waals surface area contributed by atoms with Gasteiger partial charge in [0.2, 0.25) is 0 Å². The zero-order valence-electron chi connectivity index (χ0n) is 10.3. The Kier molecular flexibility index (Phi) is 4.46. The molecule has 1 fully saturated rings. The van der Waals surface area contributed by atoms with E-state index in [1.54, 1.807) is 24.1 Å². The van der Waals surface area contributed by atoms with Crippen LogP contribution in [0, 0.1) is 10.1 Å². The van der Waals surface area contributed by atoms with Gasteiger partial charge >= 0.3 is 0 Å². The second-order valence-electron chi connectivity index (χ2n) is 4.36. The van der Waals surface area contributed by atoms with Crippen LogP contribution in [-0.2, 0) is 0 Å². The van der Waals surface area contributed by atoms with Crippen molar-refractivity contribution in [1.82, 2.24) is 4.90 Å². The monoisotopic (exact) mass is 344 g/mol. The maximum atomic E-state index is 12.3. The van der Waals surface area contributed by atoms with Gasteiger partial charge in [-0.1, -0.05) is 0 Å². The number of thioether (sulfide) groups is 1. The molecule has 0 radical (unpaired) electrons. The number of rotatable bonds is 3. The van der Waals surface area contributed by atoms with Crippen LogP contribution in [0.3, 0.4) is 0 Å². The van der Waals surface area contributed by atoms with Crippen LogP contribution in [0.5, 0.6) is 0 Å². The van der Waals surface area contributed by atoms with Crippen LogP contribution in [0.2, 0.25) is 0 Å². The number of nitrogens with zero attached hydrogens (tertiary/aromatic N) is 2. The molecule has 2 rings (SSSR count). The number of halogens is 1. The maximum absolute atomic E-state index is 12.3. The molecule has 1 amide bonds. The number of amides is 1. The van der Waals surface area contributed by atoms with Crippen LogP contribution >= 0.6 is 27.7 Å². The highest BCUT2D eigenvalue weighted by molar-refractivity contribution is 9.10. The lowest BCUT2D eigenvalue weighted by Crippen LogP contribution is -2.36. The molecule has 0 spiro atoms. The van der Waals surface area contributed by atoms with Crippen LogP contribution < -0.4 is 0 Å². The number of nitro groups is 1. The molecule has 1 unspecified atom stereocenters. The van der Waals surface area contributed by atoms with Crippen molar-refractivity contribution in [2.75, 3.05) is 18.6 Å². The summed E-state index contributed by atoms with van der Waals surface area (Å²) in [6.45, 7) is 0. The SMILES string of the molecule is CN(C(=O)c1ccc(Br)c([N+](=O)[O-])c1)C1CCSC1. The van der Waals surface area contributed by atoms with Gasteiger partial charge in [0, 0.05) is 30.5 Å². The van der Waals surface area contributed by atoms with E-state index in [4.69, 9.17) is 0 Å². The summed E-state index contributed by atoms with van der Waals surface area (Å²) >= 11 is 4.94. The first kappa shape index (κ1) is 14.3. The van der Waals surface area contributed by atoms with Gasteiger partial charge in [0.05, 0.1) is 9.40 Å². The predicted molar refractivity (Wildman–Crippen MR) is 78.6 cm³/mol. The maximum Gasteiger partial charge on any atom is 0.284 e. The first-order valence-electron chi connectivity index (χ1n) is 5.79. The number of nitro benzene ring substituents is 1. The van der Waals surface area contributed by atoms with E-state index in [9.17, 15) is 14.9 Å². The molecule has 1 aromatic rings. The van der Waals surface area contributed by atoms with Crippen molar-refractivity contribution in [3.8, 4) is 0 Å². The molecule has 0 saturated carbocycles. The van der Waals surface area contributed by atoms with Crippen molar-refractivity contribution in [3.63, 3.8) is 0 Å². The molecule has 1 aliphatic heterocycles. The molecule has 0 aromatic heterocycles. The van der Waals surface area contributed by atoms with Crippen LogP contribution in [0.25, 0.3) is 0 Å². The van der Waals surface area contributed by atoms with Gasteiger partial charge in [0.25, 0.3) is 11.6 Å². The molecule has 19 heavy (non-hydrogen) atoms. The minimum Gasteiger partial charge on any atom is -0.338 e. The minimum atomic E-state index is -0.494. The zero-order chi connectivity index (χ0) is 14.0. The smallest absolute Gasteiger partial charge is 0.284 e. The third kappa shape index (κ3) is 3.09. The summed E-state index contributed by atoms with van der Waals surface area (Å²) in [6, 6.07) is 4.70. The molecule has 5 nitrogen and oxygen atoms in total. The fourth-order valence-corrected chi connectivity index (χ4v) is 3.64. The van der Waals surface area contributed by atoms with E-state index in [-0.39, 0.29) is 17.6 Å². The zero-order valence-corrected chi connectivity index (χ0v) is 12.7. The predicted octanol–water partition coefficient (Wildman–Crippen LogP) is 2.93. The Balaban J connectivity index is 2.23. The molecule has 0 aliphatic carbocycles. The molecule has 1 aromatic carbocycles. The van der Waals surface area contributed by atoms with Crippen molar-refractivity contribution in [2.24, 2.45) is 0 Å². The van der Waals surface area contributed by atoms with E-state index < -0.39 is 4.92 Å². The Bertz CT molecular complexity index is 518. The van der Waals surface area contributed by atoms with E-state index >= 15 is 0 Å². The van der Waals surface area contributed by atoms with E-state index in [0.29, 0.717) is 10.0 Å². The molecule has 1 aliphatic rings. The number of benzene rings is 1. The molecule has 7 heteroatoms. The lowest BCUT2D eigenvalue weighted by molar-refractivity contribution is -0.385. The summed E-state index contributed by atoms with van der Waals surface area (Å²) in [4.78, 5) is 24.4. The first-order chi connectivity index (χ1) is 9.00.